The van der Waals surface area contributed by atoms with E-state index in [1.807, 2.05) is 6.20 Å². The Morgan fingerprint density at radius 2 is 2.00 bits per heavy atom. The second-order valence-electron chi connectivity index (χ2n) is 5.15. The normalized spacial score (nSPS) is 25.8. The molecule has 2 nitrogen and oxygen atoms in total. The van der Waals surface area contributed by atoms with Gasteiger partial charge in [-0.25, -0.2) is 0 Å². The second kappa shape index (κ2) is 6.09. The molecule has 0 spiro atoms. The van der Waals surface area contributed by atoms with E-state index >= 15 is 0 Å². The van der Waals surface area contributed by atoms with E-state index in [9.17, 15) is 0 Å². The van der Waals surface area contributed by atoms with Crippen LogP contribution in [0.1, 0.15) is 44.6 Å². The molecule has 1 fully saturated rings. The number of hydrogen-bond acceptors (Lipinski definition) is 1. The lowest BCUT2D eigenvalue weighted by Gasteiger charge is -2.27. The molecule has 1 heterocycles. The molecule has 2 rings (SSSR count). The van der Waals surface area contributed by atoms with Gasteiger partial charge in [-0.3, -0.25) is 0 Å². The summed E-state index contributed by atoms with van der Waals surface area (Å²) in [4.78, 5) is 3.09. The van der Waals surface area contributed by atoms with Crippen LogP contribution >= 0.6 is 0 Å². The monoisotopic (exact) mass is 220 g/mol. The molecule has 2 heteroatoms. The zero-order valence-electron chi connectivity index (χ0n) is 10.3. The fourth-order valence-corrected chi connectivity index (χ4v) is 2.73. The Morgan fingerprint density at radius 1 is 1.25 bits per heavy atom. The maximum atomic E-state index is 3.57. The van der Waals surface area contributed by atoms with Crippen LogP contribution in [-0.4, -0.2) is 11.5 Å². The summed E-state index contributed by atoms with van der Waals surface area (Å²) in [5, 5.41) is 3.57. The highest BCUT2D eigenvalue weighted by molar-refractivity contribution is 5.07. The van der Waals surface area contributed by atoms with Crippen molar-refractivity contribution in [2.24, 2.45) is 11.8 Å². The Balaban J connectivity index is 1.60. The largest absolute Gasteiger partial charge is 0.367 e. The molecule has 1 aliphatic rings. The Labute approximate surface area is 98.8 Å². The van der Waals surface area contributed by atoms with E-state index in [1.54, 1.807) is 0 Å². The summed E-state index contributed by atoms with van der Waals surface area (Å²) in [7, 11) is 0. The first kappa shape index (κ1) is 11.7. The molecule has 0 aliphatic heterocycles. The van der Waals surface area contributed by atoms with Gasteiger partial charge >= 0.3 is 0 Å². The number of H-pyrrole nitrogens is 1. The van der Waals surface area contributed by atoms with Crippen LogP contribution in [0.25, 0.3) is 0 Å². The summed E-state index contributed by atoms with van der Waals surface area (Å²) >= 11 is 0. The number of aromatic nitrogens is 1. The van der Waals surface area contributed by atoms with Crippen molar-refractivity contribution in [3.8, 4) is 0 Å². The van der Waals surface area contributed by atoms with Crippen LogP contribution in [0.5, 0.6) is 0 Å². The van der Waals surface area contributed by atoms with Crippen molar-refractivity contribution in [2.45, 2.75) is 45.6 Å². The van der Waals surface area contributed by atoms with Crippen LogP contribution in [0.4, 0.5) is 0 Å². The molecule has 0 amide bonds. The smallest absolute Gasteiger partial charge is 0.0220 e. The maximum Gasteiger partial charge on any atom is 0.0220 e. The lowest BCUT2D eigenvalue weighted by molar-refractivity contribution is 0.262. The predicted molar refractivity (Wildman–Crippen MR) is 68.2 cm³/mol. The Kier molecular flexibility index (Phi) is 4.46. The molecule has 0 bridgehead atoms. The van der Waals surface area contributed by atoms with Gasteiger partial charge in [0.1, 0.15) is 0 Å². The van der Waals surface area contributed by atoms with E-state index in [-0.39, 0.29) is 0 Å². The maximum absolute atomic E-state index is 3.57. The fourth-order valence-electron chi connectivity index (χ4n) is 2.73. The lowest BCUT2D eigenvalue weighted by atomic mass is 9.81. The molecule has 1 aliphatic carbocycles. The Morgan fingerprint density at radius 3 is 2.62 bits per heavy atom. The summed E-state index contributed by atoms with van der Waals surface area (Å²) in [5.41, 5.74) is 1.36. The first-order chi connectivity index (χ1) is 7.88. The van der Waals surface area contributed by atoms with Crippen molar-refractivity contribution in [3.05, 3.63) is 24.0 Å². The van der Waals surface area contributed by atoms with Crippen LogP contribution in [0.15, 0.2) is 18.5 Å². The quantitative estimate of drug-likeness (QED) is 0.782. The average molecular weight is 220 g/mol. The van der Waals surface area contributed by atoms with E-state index in [4.69, 9.17) is 0 Å². The Bertz CT molecular complexity index is 271. The standard InChI is InChI=1S/C14H24N2/c1-2-12-3-5-13(6-4-12)9-16-11-14-7-8-15-10-14/h7-8,10,12-13,15-16H,2-6,9,11H2,1H3. The van der Waals surface area contributed by atoms with Gasteiger partial charge in [-0.2, -0.15) is 0 Å². The predicted octanol–water partition coefficient (Wildman–Crippen LogP) is 3.32. The third kappa shape index (κ3) is 3.38. The van der Waals surface area contributed by atoms with Crippen molar-refractivity contribution in [3.63, 3.8) is 0 Å². The van der Waals surface area contributed by atoms with Crippen molar-refractivity contribution in [2.75, 3.05) is 6.54 Å². The average Bonchev–Trinajstić information content (AvgIpc) is 2.83. The first-order valence-corrected chi connectivity index (χ1v) is 6.71. The molecule has 16 heavy (non-hydrogen) atoms. The molecule has 0 unspecified atom stereocenters. The fraction of sp³-hybridized carbons (Fsp3) is 0.714. The zero-order valence-corrected chi connectivity index (χ0v) is 10.3. The highest BCUT2D eigenvalue weighted by atomic mass is 14.9. The van der Waals surface area contributed by atoms with Crippen LogP contribution < -0.4 is 5.32 Å². The van der Waals surface area contributed by atoms with E-state index in [0.717, 1.165) is 18.4 Å². The minimum Gasteiger partial charge on any atom is -0.367 e. The summed E-state index contributed by atoms with van der Waals surface area (Å²) in [6.45, 7) is 4.54. The molecular formula is C14H24N2. The van der Waals surface area contributed by atoms with Gasteiger partial charge in [0.25, 0.3) is 0 Å². The van der Waals surface area contributed by atoms with Crippen LogP contribution in [0.2, 0.25) is 0 Å². The van der Waals surface area contributed by atoms with Gasteiger partial charge in [0, 0.05) is 18.9 Å². The SMILES string of the molecule is CCC1CCC(CNCc2cc[nH]c2)CC1. The first-order valence-electron chi connectivity index (χ1n) is 6.71. The third-order valence-corrected chi connectivity index (χ3v) is 3.97. The van der Waals surface area contributed by atoms with Crippen molar-refractivity contribution >= 4 is 0 Å². The minimum absolute atomic E-state index is 0.918. The molecule has 0 atom stereocenters. The van der Waals surface area contributed by atoms with E-state index in [2.05, 4.69) is 29.5 Å². The highest BCUT2D eigenvalue weighted by Crippen LogP contribution is 2.30. The highest BCUT2D eigenvalue weighted by Gasteiger charge is 2.19. The zero-order chi connectivity index (χ0) is 11.2. The number of nitrogens with one attached hydrogen (secondary N) is 2. The van der Waals surface area contributed by atoms with E-state index < -0.39 is 0 Å². The molecule has 0 saturated heterocycles. The second-order valence-corrected chi connectivity index (χ2v) is 5.15. The van der Waals surface area contributed by atoms with Gasteiger partial charge in [0.2, 0.25) is 0 Å². The molecule has 0 aromatic carbocycles. The van der Waals surface area contributed by atoms with Gasteiger partial charge in [0.15, 0.2) is 0 Å². The Hall–Kier alpha value is -0.760. The molecular weight excluding hydrogens is 196 g/mol. The van der Waals surface area contributed by atoms with Crippen molar-refractivity contribution in [1.82, 2.24) is 10.3 Å². The lowest BCUT2D eigenvalue weighted by Crippen LogP contribution is -2.26. The third-order valence-electron chi connectivity index (χ3n) is 3.97. The molecule has 1 aromatic heterocycles. The number of aromatic amines is 1. The van der Waals surface area contributed by atoms with Gasteiger partial charge < -0.3 is 10.3 Å². The molecule has 2 N–H and O–H groups in total. The van der Waals surface area contributed by atoms with Gasteiger partial charge in [-0.1, -0.05) is 26.2 Å². The molecule has 90 valence electrons. The topological polar surface area (TPSA) is 27.8 Å². The molecule has 0 radical (unpaired) electrons. The summed E-state index contributed by atoms with van der Waals surface area (Å²) in [6.07, 6.45) is 11.2. The van der Waals surface area contributed by atoms with E-state index in [1.165, 1.54) is 44.2 Å². The van der Waals surface area contributed by atoms with Gasteiger partial charge in [0.05, 0.1) is 0 Å². The summed E-state index contributed by atoms with van der Waals surface area (Å²) in [5.74, 6) is 1.93. The molecule has 1 saturated carbocycles. The summed E-state index contributed by atoms with van der Waals surface area (Å²) < 4.78 is 0. The number of hydrogen-bond donors (Lipinski definition) is 2. The van der Waals surface area contributed by atoms with Gasteiger partial charge in [-0.15, -0.1) is 0 Å². The van der Waals surface area contributed by atoms with Crippen molar-refractivity contribution in [1.29, 1.82) is 0 Å². The number of rotatable bonds is 5. The van der Waals surface area contributed by atoms with E-state index in [0.29, 0.717) is 0 Å². The summed E-state index contributed by atoms with van der Waals surface area (Å²) in [6, 6.07) is 2.14. The van der Waals surface area contributed by atoms with Crippen LogP contribution in [0.3, 0.4) is 0 Å². The minimum atomic E-state index is 0.918. The van der Waals surface area contributed by atoms with Crippen LogP contribution in [0, 0.1) is 11.8 Å². The van der Waals surface area contributed by atoms with Gasteiger partial charge in [-0.05, 0) is 42.9 Å². The molecule has 1 aromatic rings. The van der Waals surface area contributed by atoms with Crippen molar-refractivity contribution < 1.29 is 0 Å². The van der Waals surface area contributed by atoms with Crippen LogP contribution in [-0.2, 0) is 6.54 Å².